The first-order valence-corrected chi connectivity index (χ1v) is 10.1. The van der Waals surface area contributed by atoms with E-state index in [2.05, 4.69) is 25.2 Å². The molecule has 0 fully saturated rings. The van der Waals surface area contributed by atoms with Crippen LogP contribution in [0.2, 0.25) is 0 Å². The van der Waals surface area contributed by atoms with Crippen molar-refractivity contribution in [2.24, 2.45) is 7.05 Å². The summed E-state index contributed by atoms with van der Waals surface area (Å²) in [6.07, 6.45) is 3.08. The van der Waals surface area contributed by atoms with Gasteiger partial charge < -0.3 is 14.6 Å². The Morgan fingerprint density at radius 2 is 1.93 bits per heavy atom. The van der Waals surface area contributed by atoms with E-state index in [1.54, 1.807) is 30.1 Å². The molecule has 3 aromatic rings. The summed E-state index contributed by atoms with van der Waals surface area (Å²) in [4.78, 5) is 16.6. The minimum atomic E-state index is -3.88. The molecule has 0 aliphatic heterocycles. The molecule has 3 rings (SSSR count). The molecule has 10 nitrogen and oxygen atoms in total. The zero-order valence-electron chi connectivity index (χ0n) is 16.0. The molecular weight excluding hydrogens is 396 g/mol. The predicted molar refractivity (Wildman–Crippen MR) is 106 cm³/mol. The summed E-state index contributed by atoms with van der Waals surface area (Å²) in [6, 6.07) is 8.20. The number of amides is 1. The average Bonchev–Trinajstić information content (AvgIpc) is 3.14. The molecule has 0 radical (unpaired) electrons. The Bertz CT molecular complexity index is 1110. The molecule has 2 aromatic heterocycles. The molecule has 0 unspecified atom stereocenters. The van der Waals surface area contributed by atoms with Gasteiger partial charge in [-0.15, -0.1) is 10.2 Å². The first-order valence-electron chi connectivity index (χ1n) is 8.58. The molecule has 0 aliphatic carbocycles. The van der Waals surface area contributed by atoms with Crippen LogP contribution in [-0.4, -0.2) is 47.2 Å². The van der Waals surface area contributed by atoms with Gasteiger partial charge in [-0.25, -0.2) is 13.4 Å². The molecule has 0 saturated heterocycles. The SMILES string of the molecule is COc1ccc(S(=O)(=O)N[C@@H](C)C(=O)Nc2cc(-c3nncn3C)ccn2)cc1. The summed E-state index contributed by atoms with van der Waals surface area (Å²) in [5, 5.41) is 10.4. The third-order valence-corrected chi connectivity index (χ3v) is 5.63. The van der Waals surface area contributed by atoms with Crippen molar-refractivity contribution in [2.45, 2.75) is 17.9 Å². The molecule has 2 heterocycles. The number of pyridine rings is 1. The fourth-order valence-corrected chi connectivity index (χ4v) is 3.73. The van der Waals surface area contributed by atoms with Gasteiger partial charge in [-0.1, -0.05) is 0 Å². The van der Waals surface area contributed by atoms with Crippen LogP contribution in [0, 0.1) is 0 Å². The molecule has 0 saturated carbocycles. The largest absolute Gasteiger partial charge is 0.497 e. The Labute approximate surface area is 168 Å². The van der Waals surface area contributed by atoms with E-state index in [0.717, 1.165) is 0 Å². The van der Waals surface area contributed by atoms with Gasteiger partial charge in [-0.3, -0.25) is 4.79 Å². The number of sulfonamides is 1. The van der Waals surface area contributed by atoms with Crippen molar-refractivity contribution in [3.63, 3.8) is 0 Å². The quantitative estimate of drug-likeness (QED) is 0.592. The summed E-state index contributed by atoms with van der Waals surface area (Å²) in [6.45, 7) is 1.45. The molecule has 2 N–H and O–H groups in total. The van der Waals surface area contributed by atoms with Crippen LogP contribution < -0.4 is 14.8 Å². The molecule has 0 bridgehead atoms. The third kappa shape index (κ3) is 4.76. The summed E-state index contributed by atoms with van der Waals surface area (Å²) in [5.41, 5.74) is 0.710. The Morgan fingerprint density at radius 1 is 1.21 bits per heavy atom. The lowest BCUT2D eigenvalue weighted by Crippen LogP contribution is -2.41. The lowest BCUT2D eigenvalue weighted by atomic mass is 10.2. The number of benzene rings is 1. The number of anilines is 1. The van der Waals surface area contributed by atoms with Crippen molar-refractivity contribution in [3.8, 4) is 17.1 Å². The maximum atomic E-state index is 12.5. The van der Waals surface area contributed by atoms with Crippen LogP contribution in [0.15, 0.2) is 53.8 Å². The molecule has 29 heavy (non-hydrogen) atoms. The van der Waals surface area contributed by atoms with Crippen molar-refractivity contribution >= 4 is 21.7 Å². The van der Waals surface area contributed by atoms with Crippen molar-refractivity contribution in [1.29, 1.82) is 0 Å². The number of hydrogen-bond acceptors (Lipinski definition) is 7. The van der Waals surface area contributed by atoms with Gasteiger partial charge in [0.15, 0.2) is 5.82 Å². The van der Waals surface area contributed by atoms with E-state index >= 15 is 0 Å². The molecule has 0 aliphatic rings. The number of rotatable bonds is 7. The number of nitrogens with one attached hydrogen (secondary N) is 2. The van der Waals surface area contributed by atoms with Gasteiger partial charge >= 0.3 is 0 Å². The Kier molecular flexibility index (Phi) is 5.89. The van der Waals surface area contributed by atoms with Gasteiger partial charge in [-0.05, 0) is 43.3 Å². The standard InChI is InChI=1S/C18H20N6O4S/c1-12(23-29(26,27)15-6-4-14(28-3)5-7-15)18(25)21-16-10-13(8-9-19-16)17-22-20-11-24(17)2/h4-12,23H,1-3H3,(H,19,21,25)/t12-/m0/s1. The van der Waals surface area contributed by atoms with Gasteiger partial charge in [0.25, 0.3) is 0 Å². The molecule has 11 heteroatoms. The lowest BCUT2D eigenvalue weighted by Gasteiger charge is -2.14. The first-order chi connectivity index (χ1) is 13.8. The van der Waals surface area contributed by atoms with Gasteiger partial charge in [0.1, 0.15) is 17.9 Å². The highest BCUT2D eigenvalue weighted by atomic mass is 32.2. The predicted octanol–water partition coefficient (Wildman–Crippen LogP) is 1.19. The van der Waals surface area contributed by atoms with E-state index in [0.29, 0.717) is 17.1 Å². The highest BCUT2D eigenvalue weighted by molar-refractivity contribution is 7.89. The monoisotopic (exact) mass is 416 g/mol. The van der Waals surface area contributed by atoms with Gasteiger partial charge in [0.05, 0.1) is 18.0 Å². The van der Waals surface area contributed by atoms with Crippen LogP contribution in [0.1, 0.15) is 6.92 Å². The second kappa shape index (κ2) is 8.37. The molecule has 152 valence electrons. The Balaban J connectivity index is 1.70. The van der Waals surface area contributed by atoms with E-state index in [9.17, 15) is 13.2 Å². The van der Waals surface area contributed by atoms with Crippen molar-refractivity contribution < 1.29 is 17.9 Å². The maximum absolute atomic E-state index is 12.5. The van der Waals surface area contributed by atoms with E-state index in [4.69, 9.17) is 4.74 Å². The molecule has 1 atom stereocenters. The van der Waals surface area contributed by atoms with E-state index in [-0.39, 0.29) is 10.7 Å². The number of ether oxygens (including phenoxy) is 1. The van der Waals surface area contributed by atoms with E-state index in [1.807, 2.05) is 0 Å². The van der Waals surface area contributed by atoms with Gasteiger partial charge in [0, 0.05) is 18.8 Å². The normalized spacial score (nSPS) is 12.4. The topological polar surface area (TPSA) is 128 Å². The second-order valence-electron chi connectivity index (χ2n) is 6.20. The Morgan fingerprint density at radius 3 is 2.55 bits per heavy atom. The summed E-state index contributed by atoms with van der Waals surface area (Å²) < 4.78 is 34.1. The van der Waals surface area contributed by atoms with Crippen LogP contribution in [0.4, 0.5) is 5.82 Å². The highest BCUT2D eigenvalue weighted by Crippen LogP contribution is 2.19. The van der Waals surface area contributed by atoms with Crippen LogP contribution >= 0.6 is 0 Å². The van der Waals surface area contributed by atoms with Crippen molar-refractivity contribution in [3.05, 3.63) is 48.9 Å². The first kappa shape index (κ1) is 20.4. The molecular formula is C18H20N6O4S. The van der Waals surface area contributed by atoms with E-state index in [1.165, 1.54) is 44.5 Å². The number of carbonyl (C=O) groups is 1. The number of methoxy groups -OCH3 is 1. The third-order valence-electron chi connectivity index (χ3n) is 4.08. The van der Waals surface area contributed by atoms with Crippen molar-refractivity contribution in [2.75, 3.05) is 12.4 Å². The van der Waals surface area contributed by atoms with Crippen LogP contribution in [-0.2, 0) is 21.9 Å². The smallest absolute Gasteiger partial charge is 0.243 e. The fraction of sp³-hybridized carbons (Fsp3) is 0.222. The zero-order chi connectivity index (χ0) is 21.0. The van der Waals surface area contributed by atoms with Crippen LogP contribution in [0.3, 0.4) is 0 Å². The number of aromatic nitrogens is 4. The fourth-order valence-electron chi connectivity index (χ4n) is 2.53. The van der Waals surface area contributed by atoms with Crippen molar-refractivity contribution in [1.82, 2.24) is 24.5 Å². The van der Waals surface area contributed by atoms with Crippen LogP contribution in [0.5, 0.6) is 5.75 Å². The Hall–Kier alpha value is -3.31. The van der Waals surface area contributed by atoms with Gasteiger partial charge in [0.2, 0.25) is 15.9 Å². The van der Waals surface area contributed by atoms with E-state index < -0.39 is 22.0 Å². The second-order valence-corrected chi connectivity index (χ2v) is 7.92. The minimum Gasteiger partial charge on any atom is -0.497 e. The minimum absolute atomic E-state index is 0.0281. The summed E-state index contributed by atoms with van der Waals surface area (Å²) in [7, 11) is -0.596. The highest BCUT2D eigenvalue weighted by Gasteiger charge is 2.22. The molecule has 1 aromatic carbocycles. The number of nitrogens with zero attached hydrogens (tertiary/aromatic N) is 4. The molecule has 1 amide bonds. The lowest BCUT2D eigenvalue weighted by molar-refractivity contribution is -0.117. The zero-order valence-corrected chi connectivity index (χ0v) is 16.8. The number of aryl methyl sites for hydroxylation is 1. The number of hydrogen-bond donors (Lipinski definition) is 2. The van der Waals surface area contributed by atoms with Crippen LogP contribution in [0.25, 0.3) is 11.4 Å². The van der Waals surface area contributed by atoms with Gasteiger partial charge in [-0.2, -0.15) is 4.72 Å². The maximum Gasteiger partial charge on any atom is 0.243 e. The molecule has 0 spiro atoms. The number of carbonyl (C=O) groups excluding carboxylic acids is 1. The summed E-state index contributed by atoms with van der Waals surface area (Å²) >= 11 is 0. The average molecular weight is 416 g/mol. The summed E-state index contributed by atoms with van der Waals surface area (Å²) in [5.74, 6) is 0.857.